The molecule has 242 valence electrons. The molecule has 7 aromatic carbocycles. The first kappa shape index (κ1) is 28.8. The van der Waals surface area contributed by atoms with Gasteiger partial charge in [0.05, 0.1) is 56.2 Å². The Morgan fingerprint density at radius 3 is 1.92 bits per heavy atom. The fraction of sp³-hybridized carbons (Fsp3) is 0. The second kappa shape index (κ2) is 10.5. The lowest BCUT2D eigenvalue weighted by atomic mass is 10.1. The number of fused-ring (bicyclic) bond motifs is 11. The van der Waals surface area contributed by atoms with Crippen LogP contribution in [0.1, 0.15) is 26.3 Å². The number of imide groups is 1. The van der Waals surface area contributed by atoms with Crippen molar-refractivity contribution < 1.29 is 9.59 Å². The van der Waals surface area contributed by atoms with E-state index in [2.05, 4.69) is 106 Å². The van der Waals surface area contributed by atoms with Gasteiger partial charge >= 0.3 is 0 Å². The maximum atomic E-state index is 14.0. The third kappa shape index (κ3) is 3.76. The molecule has 10 aromatic rings. The number of benzene rings is 7. The van der Waals surface area contributed by atoms with Gasteiger partial charge in [-0.2, -0.15) is 5.26 Å². The van der Waals surface area contributed by atoms with Crippen molar-refractivity contribution in [2.45, 2.75) is 0 Å². The highest BCUT2D eigenvalue weighted by molar-refractivity contribution is 7.25. The van der Waals surface area contributed by atoms with E-state index in [0.717, 1.165) is 49.3 Å². The van der Waals surface area contributed by atoms with Gasteiger partial charge in [-0.25, -0.2) is 4.90 Å². The van der Waals surface area contributed by atoms with E-state index in [0.29, 0.717) is 28.1 Å². The van der Waals surface area contributed by atoms with Crippen LogP contribution in [0.4, 0.5) is 5.69 Å². The van der Waals surface area contributed by atoms with Crippen LogP contribution < -0.4 is 4.90 Å². The minimum absolute atomic E-state index is 0.351. The van der Waals surface area contributed by atoms with Gasteiger partial charge in [-0.15, -0.1) is 11.3 Å². The minimum Gasteiger partial charge on any atom is -0.309 e. The lowest BCUT2D eigenvalue weighted by Gasteiger charge is -2.21. The van der Waals surface area contributed by atoms with Crippen molar-refractivity contribution in [1.29, 1.82) is 5.26 Å². The third-order valence-electron chi connectivity index (χ3n) is 10.5. The molecule has 2 amide bonds. The van der Waals surface area contributed by atoms with Crippen molar-refractivity contribution in [2.75, 3.05) is 4.90 Å². The number of aromatic nitrogens is 2. The molecule has 7 heteroatoms. The summed E-state index contributed by atoms with van der Waals surface area (Å²) in [6, 6.07) is 50.7. The molecule has 1 aliphatic rings. The van der Waals surface area contributed by atoms with Crippen molar-refractivity contribution in [3.8, 4) is 17.4 Å². The molecule has 0 unspecified atom stereocenters. The molecule has 6 nitrogen and oxygen atoms in total. The van der Waals surface area contributed by atoms with E-state index in [9.17, 15) is 14.9 Å². The zero-order valence-electron chi connectivity index (χ0n) is 27.4. The number of nitriles is 1. The molecule has 0 saturated carbocycles. The van der Waals surface area contributed by atoms with Crippen LogP contribution in [0.3, 0.4) is 0 Å². The molecule has 52 heavy (non-hydrogen) atoms. The van der Waals surface area contributed by atoms with E-state index in [1.807, 2.05) is 18.2 Å². The van der Waals surface area contributed by atoms with Crippen LogP contribution in [0, 0.1) is 11.3 Å². The molecule has 0 bridgehead atoms. The number of thiophene rings is 1. The summed E-state index contributed by atoms with van der Waals surface area (Å²) >= 11 is 1.80. The molecule has 1 aliphatic heterocycles. The monoisotopic (exact) mass is 684 g/mol. The van der Waals surface area contributed by atoms with Crippen molar-refractivity contribution in [1.82, 2.24) is 9.13 Å². The highest BCUT2D eigenvalue weighted by Gasteiger charge is 2.38. The van der Waals surface area contributed by atoms with E-state index in [4.69, 9.17) is 0 Å². The number of hydrogen-bond donors (Lipinski definition) is 0. The summed E-state index contributed by atoms with van der Waals surface area (Å²) in [7, 11) is 0. The number of carbonyl (C=O) groups is 2. The zero-order chi connectivity index (χ0) is 34.7. The summed E-state index contributed by atoms with van der Waals surface area (Å²) in [5, 5.41) is 16.7. The lowest BCUT2D eigenvalue weighted by molar-refractivity contribution is 0.0926. The molecular formula is C45H24N4O2S. The number of carbonyl (C=O) groups excluding carboxylic acids is 2. The molecule has 0 atom stereocenters. The molecule has 0 radical (unpaired) electrons. The van der Waals surface area contributed by atoms with E-state index < -0.39 is 11.8 Å². The predicted molar refractivity (Wildman–Crippen MR) is 210 cm³/mol. The van der Waals surface area contributed by atoms with Gasteiger partial charge in [-0.3, -0.25) is 9.59 Å². The first-order valence-corrected chi connectivity index (χ1v) is 17.8. The number of para-hydroxylation sites is 2. The summed E-state index contributed by atoms with van der Waals surface area (Å²) in [5.41, 5.74) is 7.11. The second-order valence-corrected chi connectivity index (χ2v) is 14.2. The van der Waals surface area contributed by atoms with Crippen molar-refractivity contribution in [3.63, 3.8) is 0 Å². The highest BCUT2D eigenvalue weighted by atomic mass is 32.1. The van der Waals surface area contributed by atoms with Crippen LogP contribution in [-0.4, -0.2) is 20.9 Å². The summed E-state index contributed by atoms with van der Waals surface area (Å²) in [4.78, 5) is 29.2. The van der Waals surface area contributed by atoms with Gasteiger partial charge in [0.15, 0.2) is 0 Å². The smallest absolute Gasteiger partial charge is 0.266 e. The maximum Gasteiger partial charge on any atom is 0.266 e. The molecule has 3 aromatic heterocycles. The fourth-order valence-electron chi connectivity index (χ4n) is 8.26. The fourth-order valence-corrected chi connectivity index (χ4v) is 9.35. The van der Waals surface area contributed by atoms with Gasteiger partial charge < -0.3 is 9.13 Å². The molecule has 0 fully saturated rings. The predicted octanol–water partition coefficient (Wildman–Crippen LogP) is 10.9. The summed E-state index contributed by atoms with van der Waals surface area (Å²) in [5.74, 6) is -0.813. The third-order valence-corrected chi connectivity index (χ3v) is 11.6. The molecule has 0 spiro atoms. The molecule has 11 rings (SSSR count). The van der Waals surface area contributed by atoms with Crippen LogP contribution in [-0.2, 0) is 0 Å². The lowest BCUT2D eigenvalue weighted by Crippen LogP contribution is -2.30. The quantitative estimate of drug-likeness (QED) is 0.174. The molecule has 4 heterocycles. The van der Waals surface area contributed by atoms with Crippen molar-refractivity contribution >= 4 is 92.6 Å². The number of rotatable bonds is 3. The minimum atomic E-state index is -0.407. The van der Waals surface area contributed by atoms with Gasteiger partial charge in [0.25, 0.3) is 11.8 Å². The van der Waals surface area contributed by atoms with Gasteiger partial charge in [0.1, 0.15) is 0 Å². The normalized spacial score (nSPS) is 13.0. The average molecular weight is 685 g/mol. The summed E-state index contributed by atoms with van der Waals surface area (Å²) < 4.78 is 7.01. The summed E-state index contributed by atoms with van der Waals surface area (Å²) in [6.45, 7) is 0. The average Bonchev–Trinajstić information content (AvgIpc) is 3.91. The van der Waals surface area contributed by atoms with Crippen LogP contribution in [0.2, 0.25) is 0 Å². The van der Waals surface area contributed by atoms with Crippen LogP contribution in [0.15, 0.2) is 146 Å². The topological polar surface area (TPSA) is 71.0 Å². The Labute approximate surface area is 300 Å². The first-order valence-electron chi connectivity index (χ1n) is 17.0. The van der Waals surface area contributed by atoms with E-state index in [1.54, 1.807) is 47.7 Å². The van der Waals surface area contributed by atoms with Crippen molar-refractivity contribution in [2.24, 2.45) is 0 Å². The standard InChI is InChI=1S/C45H24N4O2S/c46-25-26-17-20-37(39(23-26)49-44(50)31-11-1-2-12-32(31)45(49)51)48-35-14-6-3-9-28(35)30-19-21-38-42(43(30)48)33-13-4-7-15-36(33)47(38)27-18-22-41-34(24-27)29-10-5-8-16-40(29)52-41/h1-24H. The van der Waals surface area contributed by atoms with Crippen LogP contribution in [0.5, 0.6) is 0 Å². The molecule has 0 saturated heterocycles. The van der Waals surface area contributed by atoms with Crippen LogP contribution >= 0.6 is 11.3 Å². The zero-order valence-corrected chi connectivity index (χ0v) is 28.2. The first-order chi connectivity index (χ1) is 25.6. The second-order valence-electron chi connectivity index (χ2n) is 13.1. The number of hydrogen-bond acceptors (Lipinski definition) is 4. The highest BCUT2D eigenvalue weighted by Crippen LogP contribution is 2.45. The van der Waals surface area contributed by atoms with Gasteiger partial charge in [0, 0.05) is 47.4 Å². The Morgan fingerprint density at radius 2 is 1.15 bits per heavy atom. The number of anilines is 1. The van der Waals surface area contributed by atoms with E-state index in [-0.39, 0.29) is 0 Å². The van der Waals surface area contributed by atoms with E-state index in [1.165, 1.54) is 25.1 Å². The van der Waals surface area contributed by atoms with Gasteiger partial charge in [0.2, 0.25) is 0 Å². The molecular weight excluding hydrogens is 661 g/mol. The Balaban J connectivity index is 1.26. The number of nitrogens with zero attached hydrogens (tertiary/aromatic N) is 4. The van der Waals surface area contributed by atoms with Gasteiger partial charge in [-0.05, 0) is 72.8 Å². The Hall–Kier alpha value is -7.01. The van der Waals surface area contributed by atoms with E-state index >= 15 is 0 Å². The Bertz CT molecular complexity index is 3230. The Morgan fingerprint density at radius 1 is 0.500 bits per heavy atom. The molecule has 0 N–H and O–H groups in total. The summed E-state index contributed by atoms with van der Waals surface area (Å²) in [6.07, 6.45) is 0. The Kier molecular flexibility index (Phi) is 5.81. The van der Waals surface area contributed by atoms with Crippen LogP contribution in [0.25, 0.3) is 75.2 Å². The largest absolute Gasteiger partial charge is 0.309 e. The van der Waals surface area contributed by atoms with Gasteiger partial charge in [-0.1, -0.05) is 72.8 Å². The maximum absolute atomic E-state index is 14.0. The SMILES string of the molecule is N#Cc1ccc(-n2c3ccccc3c3ccc4c(c5ccccc5n4-c4ccc5sc6ccccc6c5c4)c32)c(N2C(=O)c3ccccc3C2=O)c1. The molecule has 0 aliphatic carbocycles. The van der Waals surface area contributed by atoms with Crippen molar-refractivity contribution in [3.05, 3.63) is 162 Å². The number of amides is 2.